The van der Waals surface area contributed by atoms with E-state index >= 15 is 0 Å². The van der Waals surface area contributed by atoms with Crippen LogP contribution < -0.4 is 11.1 Å². The smallest absolute Gasteiger partial charge is 0.408 e. The second-order valence-electron chi connectivity index (χ2n) is 4.96. The molecule has 1 aromatic heterocycles. The number of nitrogens with one attached hydrogen (secondary N) is 1. The molecule has 0 saturated carbocycles. The predicted octanol–water partition coefficient (Wildman–Crippen LogP) is 2.97. The monoisotopic (exact) mass is 316 g/mol. The third-order valence-electron chi connectivity index (χ3n) is 3.33. The molecule has 0 aliphatic carbocycles. The van der Waals surface area contributed by atoms with Crippen LogP contribution >= 0.6 is 11.6 Å². The second kappa shape index (κ2) is 5.69. The molecule has 0 aliphatic rings. The number of aromatic nitrogens is 1. The number of amides is 1. The Kier molecular flexibility index (Phi) is 3.73. The number of hydrogen-bond donors (Lipinski definition) is 1. The van der Waals surface area contributed by atoms with Gasteiger partial charge in [0, 0.05) is 23.8 Å². The molecular weight excluding hydrogens is 304 g/mol. The van der Waals surface area contributed by atoms with Crippen LogP contribution in [0.2, 0.25) is 5.02 Å². The first kappa shape index (κ1) is 14.4. The minimum Gasteiger partial charge on any atom is -0.408 e. The fourth-order valence-electron chi connectivity index (χ4n) is 2.25. The molecule has 3 rings (SSSR count). The van der Waals surface area contributed by atoms with Crippen LogP contribution in [0, 0.1) is 0 Å². The number of hydrogen-bond acceptors (Lipinski definition) is 3. The summed E-state index contributed by atoms with van der Waals surface area (Å²) in [4.78, 5) is 23.5. The van der Waals surface area contributed by atoms with E-state index in [1.807, 2.05) is 6.07 Å². The highest BCUT2D eigenvalue weighted by molar-refractivity contribution is 6.30. The lowest BCUT2D eigenvalue weighted by atomic mass is 10.1. The summed E-state index contributed by atoms with van der Waals surface area (Å²) < 4.78 is 6.50. The molecule has 0 radical (unpaired) electrons. The van der Waals surface area contributed by atoms with Gasteiger partial charge in [0.05, 0.1) is 11.9 Å². The van der Waals surface area contributed by atoms with Gasteiger partial charge in [-0.1, -0.05) is 23.7 Å². The molecule has 0 saturated heterocycles. The number of anilines is 1. The number of oxazole rings is 1. The maximum Gasteiger partial charge on any atom is 0.419 e. The van der Waals surface area contributed by atoms with Crippen molar-refractivity contribution in [2.75, 3.05) is 5.32 Å². The first-order valence-electron chi connectivity index (χ1n) is 6.67. The fourth-order valence-corrected chi connectivity index (χ4v) is 2.46. The van der Waals surface area contributed by atoms with Crippen molar-refractivity contribution in [3.05, 3.63) is 63.6 Å². The van der Waals surface area contributed by atoms with Crippen LogP contribution in [-0.2, 0) is 18.3 Å². The number of nitrogens with zero attached hydrogens (tertiary/aromatic N) is 1. The molecule has 6 heteroatoms. The van der Waals surface area contributed by atoms with E-state index < -0.39 is 5.76 Å². The van der Waals surface area contributed by atoms with Gasteiger partial charge >= 0.3 is 5.76 Å². The average Bonchev–Trinajstić information content (AvgIpc) is 2.73. The van der Waals surface area contributed by atoms with Gasteiger partial charge in [0.15, 0.2) is 5.58 Å². The predicted molar refractivity (Wildman–Crippen MR) is 85.2 cm³/mol. The van der Waals surface area contributed by atoms with Gasteiger partial charge in [-0.15, -0.1) is 0 Å². The van der Waals surface area contributed by atoms with Crippen molar-refractivity contribution < 1.29 is 9.21 Å². The zero-order valence-electron chi connectivity index (χ0n) is 11.8. The fraction of sp³-hybridized carbons (Fsp3) is 0.125. The molecule has 0 spiro atoms. The van der Waals surface area contributed by atoms with Gasteiger partial charge in [0.2, 0.25) is 5.91 Å². The van der Waals surface area contributed by atoms with Crippen LogP contribution in [0.4, 0.5) is 5.69 Å². The average molecular weight is 317 g/mol. The topological polar surface area (TPSA) is 64.2 Å². The molecule has 1 amide bonds. The summed E-state index contributed by atoms with van der Waals surface area (Å²) >= 11 is 5.89. The van der Waals surface area contributed by atoms with E-state index in [0.29, 0.717) is 21.8 Å². The largest absolute Gasteiger partial charge is 0.419 e. The molecule has 0 aliphatic heterocycles. The number of halogens is 1. The van der Waals surface area contributed by atoms with Crippen LogP contribution in [0.25, 0.3) is 11.1 Å². The molecular formula is C16H13ClN2O3. The lowest BCUT2D eigenvalue weighted by Gasteiger charge is -2.05. The quantitative estimate of drug-likeness (QED) is 0.808. The van der Waals surface area contributed by atoms with Crippen LogP contribution in [0.5, 0.6) is 0 Å². The number of carbonyl (C=O) groups excluding carboxylic acids is 1. The van der Waals surface area contributed by atoms with Gasteiger partial charge < -0.3 is 9.73 Å². The number of fused-ring (bicyclic) bond motifs is 1. The highest BCUT2D eigenvalue weighted by Crippen LogP contribution is 2.18. The second-order valence-corrected chi connectivity index (χ2v) is 5.40. The summed E-state index contributed by atoms with van der Waals surface area (Å²) in [6.07, 6.45) is 0.220. The minimum atomic E-state index is -0.433. The van der Waals surface area contributed by atoms with E-state index in [9.17, 15) is 9.59 Å². The normalized spacial score (nSPS) is 10.8. The summed E-state index contributed by atoms with van der Waals surface area (Å²) in [5, 5.41) is 3.37. The van der Waals surface area contributed by atoms with Crippen molar-refractivity contribution >= 4 is 34.3 Å². The Morgan fingerprint density at radius 2 is 2.09 bits per heavy atom. The van der Waals surface area contributed by atoms with Crippen molar-refractivity contribution in [3.63, 3.8) is 0 Å². The Morgan fingerprint density at radius 3 is 2.86 bits per heavy atom. The Hall–Kier alpha value is -2.53. The Labute approximate surface area is 131 Å². The van der Waals surface area contributed by atoms with Crippen molar-refractivity contribution in [1.29, 1.82) is 0 Å². The third kappa shape index (κ3) is 2.89. The number of rotatable bonds is 3. The SMILES string of the molecule is Cn1c(=O)oc2cc(NC(=O)Cc3cccc(Cl)c3)ccc21. The van der Waals surface area contributed by atoms with Gasteiger partial charge in [0.25, 0.3) is 0 Å². The van der Waals surface area contributed by atoms with E-state index in [-0.39, 0.29) is 12.3 Å². The van der Waals surface area contributed by atoms with Crippen LogP contribution in [0.3, 0.4) is 0 Å². The summed E-state index contributed by atoms with van der Waals surface area (Å²) in [5.41, 5.74) is 2.53. The van der Waals surface area contributed by atoms with Crippen molar-refractivity contribution in [2.24, 2.45) is 7.05 Å². The molecule has 1 N–H and O–H groups in total. The lowest BCUT2D eigenvalue weighted by Crippen LogP contribution is -2.14. The zero-order valence-corrected chi connectivity index (χ0v) is 12.6. The van der Waals surface area contributed by atoms with E-state index in [4.69, 9.17) is 16.0 Å². The third-order valence-corrected chi connectivity index (χ3v) is 3.56. The maximum absolute atomic E-state index is 12.0. The molecule has 1 heterocycles. The van der Waals surface area contributed by atoms with Gasteiger partial charge in [-0.25, -0.2) is 4.79 Å². The Balaban J connectivity index is 1.78. The molecule has 3 aromatic rings. The van der Waals surface area contributed by atoms with E-state index in [0.717, 1.165) is 5.56 Å². The van der Waals surface area contributed by atoms with Gasteiger partial charge in [-0.3, -0.25) is 9.36 Å². The molecule has 112 valence electrons. The van der Waals surface area contributed by atoms with Gasteiger partial charge in [0.1, 0.15) is 0 Å². The summed E-state index contributed by atoms with van der Waals surface area (Å²) in [7, 11) is 1.63. The minimum absolute atomic E-state index is 0.167. The van der Waals surface area contributed by atoms with Gasteiger partial charge in [-0.05, 0) is 29.8 Å². The molecule has 0 bridgehead atoms. The van der Waals surface area contributed by atoms with Crippen molar-refractivity contribution in [2.45, 2.75) is 6.42 Å². The molecule has 0 unspecified atom stereocenters. The first-order valence-corrected chi connectivity index (χ1v) is 7.04. The summed E-state index contributed by atoms with van der Waals surface area (Å²) in [6, 6.07) is 12.2. The lowest BCUT2D eigenvalue weighted by molar-refractivity contribution is -0.115. The number of carbonyl (C=O) groups is 1. The van der Waals surface area contributed by atoms with Crippen LogP contribution in [0.1, 0.15) is 5.56 Å². The molecule has 5 nitrogen and oxygen atoms in total. The Bertz CT molecular complexity index is 911. The Morgan fingerprint density at radius 1 is 1.27 bits per heavy atom. The highest BCUT2D eigenvalue weighted by atomic mass is 35.5. The van der Waals surface area contributed by atoms with Gasteiger partial charge in [-0.2, -0.15) is 0 Å². The summed E-state index contributed by atoms with van der Waals surface area (Å²) in [5.74, 6) is -0.600. The number of aryl methyl sites for hydroxylation is 1. The van der Waals surface area contributed by atoms with Crippen molar-refractivity contribution in [1.82, 2.24) is 4.57 Å². The molecule has 22 heavy (non-hydrogen) atoms. The van der Waals surface area contributed by atoms with Crippen molar-refractivity contribution in [3.8, 4) is 0 Å². The standard InChI is InChI=1S/C16H13ClN2O3/c1-19-13-6-5-12(9-14(13)22-16(19)21)18-15(20)8-10-3-2-4-11(17)7-10/h2-7,9H,8H2,1H3,(H,18,20). The van der Waals surface area contributed by atoms with E-state index in [1.165, 1.54) is 4.57 Å². The number of benzene rings is 2. The zero-order chi connectivity index (χ0) is 15.7. The maximum atomic E-state index is 12.0. The highest BCUT2D eigenvalue weighted by Gasteiger charge is 2.09. The molecule has 0 fully saturated rings. The van der Waals surface area contributed by atoms with E-state index in [1.54, 1.807) is 43.4 Å². The van der Waals surface area contributed by atoms with Crippen LogP contribution in [-0.4, -0.2) is 10.5 Å². The van der Waals surface area contributed by atoms with E-state index in [2.05, 4.69) is 5.32 Å². The van der Waals surface area contributed by atoms with Crippen LogP contribution in [0.15, 0.2) is 51.7 Å². The molecule has 2 aromatic carbocycles. The first-order chi connectivity index (χ1) is 10.5. The summed E-state index contributed by atoms with van der Waals surface area (Å²) in [6.45, 7) is 0. The molecule has 0 atom stereocenters.